The highest BCUT2D eigenvalue weighted by molar-refractivity contribution is 7.99. The van der Waals surface area contributed by atoms with Crippen LogP contribution in [-0.2, 0) is 0 Å². The number of rotatable bonds is 8. The Bertz CT molecular complexity index is 322. The quantitative estimate of drug-likeness (QED) is 0.543. The second-order valence-corrected chi connectivity index (χ2v) is 4.51. The van der Waals surface area contributed by atoms with E-state index in [1.165, 1.54) is 17.8 Å². The van der Waals surface area contributed by atoms with E-state index < -0.39 is 5.97 Å². The second-order valence-electron chi connectivity index (χ2n) is 3.41. The Morgan fingerprint density at radius 2 is 2.00 bits per heavy atom. The van der Waals surface area contributed by atoms with E-state index in [1.54, 1.807) is 6.07 Å². The zero-order chi connectivity index (χ0) is 11.8. The predicted molar refractivity (Wildman–Crippen MR) is 61.9 cm³/mol. The number of thioether (sulfide) groups is 1. The number of furan rings is 1. The summed E-state index contributed by atoms with van der Waals surface area (Å²) in [6, 6.07) is 3.15. The molecule has 1 rings (SSSR count). The van der Waals surface area contributed by atoms with E-state index in [-0.39, 0.29) is 12.4 Å². The first-order chi connectivity index (χ1) is 7.74. The van der Waals surface area contributed by atoms with Crippen LogP contribution in [-0.4, -0.2) is 28.5 Å². The third-order valence-electron chi connectivity index (χ3n) is 2.09. The van der Waals surface area contributed by atoms with Crippen LogP contribution in [0.1, 0.15) is 36.2 Å². The highest BCUT2D eigenvalue weighted by atomic mass is 32.2. The van der Waals surface area contributed by atoms with Gasteiger partial charge in [0.25, 0.3) is 0 Å². The van der Waals surface area contributed by atoms with Crippen LogP contribution in [0.25, 0.3) is 0 Å². The van der Waals surface area contributed by atoms with E-state index in [0.717, 1.165) is 31.4 Å². The molecule has 0 aliphatic carbocycles. The second kappa shape index (κ2) is 7.35. The number of hydrogen-bond donors (Lipinski definition) is 2. The Morgan fingerprint density at radius 3 is 2.62 bits per heavy atom. The molecule has 1 aromatic heterocycles. The third-order valence-corrected chi connectivity index (χ3v) is 3.09. The molecule has 0 atom stereocenters. The van der Waals surface area contributed by atoms with Crippen LogP contribution in [0.2, 0.25) is 0 Å². The summed E-state index contributed by atoms with van der Waals surface area (Å²) in [5.74, 6) is -0.129. The van der Waals surface area contributed by atoms with Gasteiger partial charge in [0.1, 0.15) is 0 Å². The molecule has 2 N–H and O–H groups in total. The molecule has 16 heavy (non-hydrogen) atoms. The van der Waals surface area contributed by atoms with Crippen molar-refractivity contribution in [2.45, 2.75) is 30.8 Å². The van der Waals surface area contributed by atoms with Gasteiger partial charge in [-0.1, -0.05) is 24.6 Å². The highest BCUT2D eigenvalue weighted by Crippen LogP contribution is 2.22. The zero-order valence-corrected chi connectivity index (χ0v) is 9.83. The summed E-state index contributed by atoms with van der Waals surface area (Å²) < 4.78 is 5.10. The van der Waals surface area contributed by atoms with Crippen LogP contribution in [0.15, 0.2) is 21.6 Å². The number of aromatic carboxylic acids is 1. The number of carbonyl (C=O) groups is 1. The van der Waals surface area contributed by atoms with Crippen molar-refractivity contribution in [3.8, 4) is 0 Å². The number of hydrogen-bond acceptors (Lipinski definition) is 4. The minimum atomic E-state index is -1.03. The minimum Gasteiger partial charge on any atom is -0.475 e. The molecule has 90 valence electrons. The molecule has 5 heteroatoms. The lowest BCUT2D eigenvalue weighted by atomic mass is 10.2. The van der Waals surface area contributed by atoms with Crippen LogP contribution in [0.3, 0.4) is 0 Å². The van der Waals surface area contributed by atoms with Gasteiger partial charge in [-0.3, -0.25) is 0 Å². The molecule has 0 unspecified atom stereocenters. The molecule has 1 heterocycles. The Kier molecular flexibility index (Phi) is 6.03. The lowest BCUT2D eigenvalue weighted by molar-refractivity contribution is 0.0656. The van der Waals surface area contributed by atoms with E-state index in [0.29, 0.717) is 5.09 Å². The molecule has 0 fully saturated rings. The molecule has 1 aromatic rings. The molecular weight excluding hydrogens is 228 g/mol. The van der Waals surface area contributed by atoms with Gasteiger partial charge in [0, 0.05) is 12.4 Å². The van der Waals surface area contributed by atoms with Gasteiger partial charge in [-0.15, -0.1) is 0 Å². The van der Waals surface area contributed by atoms with Gasteiger partial charge in [-0.05, 0) is 25.0 Å². The van der Waals surface area contributed by atoms with Gasteiger partial charge in [0.2, 0.25) is 5.76 Å². The summed E-state index contributed by atoms with van der Waals surface area (Å²) in [5, 5.41) is 17.9. The van der Waals surface area contributed by atoms with Crippen molar-refractivity contribution in [3.63, 3.8) is 0 Å². The molecule has 0 bridgehead atoms. The molecule has 0 saturated carbocycles. The highest BCUT2D eigenvalue weighted by Gasteiger charge is 2.08. The molecule has 0 spiro atoms. The molecule has 0 saturated heterocycles. The first-order valence-corrected chi connectivity index (χ1v) is 6.29. The van der Waals surface area contributed by atoms with Crippen LogP contribution >= 0.6 is 11.8 Å². The van der Waals surface area contributed by atoms with Crippen LogP contribution in [0, 0.1) is 0 Å². The summed E-state index contributed by atoms with van der Waals surface area (Å²) in [6.07, 6.45) is 4.03. The Balaban J connectivity index is 2.14. The summed E-state index contributed by atoms with van der Waals surface area (Å²) in [7, 11) is 0. The predicted octanol–water partition coefficient (Wildman–Crippen LogP) is 2.62. The topological polar surface area (TPSA) is 70.7 Å². The summed E-state index contributed by atoms with van der Waals surface area (Å²) in [6.45, 7) is 0.257. The van der Waals surface area contributed by atoms with Gasteiger partial charge >= 0.3 is 5.97 Å². The summed E-state index contributed by atoms with van der Waals surface area (Å²) in [4.78, 5) is 10.5. The SMILES string of the molecule is O=C(O)c1ccc(SCCCCCCO)o1. The monoisotopic (exact) mass is 244 g/mol. The number of carboxylic acids is 1. The van der Waals surface area contributed by atoms with Crippen molar-refractivity contribution in [2.24, 2.45) is 0 Å². The Morgan fingerprint density at radius 1 is 1.25 bits per heavy atom. The van der Waals surface area contributed by atoms with Gasteiger partial charge < -0.3 is 14.6 Å². The van der Waals surface area contributed by atoms with E-state index >= 15 is 0 Å². The largest absolute Gasteiger partial charge is 0.475 e. The van der Waals surface area contributed by atoms with Crippen LogP contribution in [0.4, 0.5) is 0 Å². The maximum atomic E-state index is 10.5. The van der Waals surface area contributed by atoms with Crippen molar-refractivity contribution >= 4 is 17.7 Å². The fraction of sp³-hybridized carbons (Fsp3) is 0.545. The summed E-state index contributed by atoms with van der Waals surface area (Å²) >= 11 is 1.52. The molecule has 0 aliphatic rings. The summed E-state index contributed by atoms with van der Waals surface area (Å²) in [5.41, 5.74) is 0. The van der Waals surface area contributed by atoms with Gasteiger partial charge in [0.15, 0.2) is 5.09 Å². The Labute approximate surface area is 98.7 Å². The molecule has 0 radical (unpaired) electrons. The van der Waals surface area contributed by atoms with E-state index in [2.05, 4.69) is 0 Å². The van der Waals surface area contributed by atoms with Crippen molar-refractivity contribution in [1.29, 1.82) is 0 Å². The minimum absolute atomic E-state index is 0.0113. The Hall–Kier alpha value is -0.940. The first kappa shape index (κ1) is 13.1. The number of unbranched alkanes of at least 4 members (excludes halogenated alkanes) is 3. The van der Waals surface area contributed by atoms with Crippen molar-refractivity contribution in [1.82, 2.24) is 0 Å². The molecule has 0 aromatic carbocycles. The number of aliphatic hydroxyl groups excluding tert-OH is 1. The zero-order valence-electron chi connectivity index (χ0n) is 9.02. The van der Waals surface area contributed by atoms with Crippen molar-refractivity contribution in [2.75, 3.05) is 12.4 Å². The van der Waals surface area contributed by atoms with E-state index in [4.69, 9.17) is 14.6 Å². The van der Waals surface area contributed by atoms with Crippen LogP contribution < -0.4 is 0 Å². The van der Waals surface area contributed by atoms with Crippen LogP contribution in [0.5, 0.6) is 0 Å². The van der Waals surface area contributed by atoms with Crippen molar-refractivity contribution < 1.29 is 19.4 Å². The standard InChI is InChI=1S/C11H16O4S/c12-7-3-1-2-4-8-16-10-6-5-9(15-10)11(13)14/h5-6,12H,1-4,7-8H2,(H,13,14). The maximum Gasteiger partial charge on any atom is 0.371 e. The van der Waals surface area contributed by atoms with Crippen molar-refractivity contribution in [3.05, 3.63) is 17.9 Å². The fourth-order valence-corrected chi connectivity index (χ4v) is 2.12. The average Bonchev–Trinajstić information content (AvgIpc) is 2.72. The lowest BCUT2D eigenvalue weighted by Gasteiger charge is -1.98. The normalized spacial score (nSPS) is 10.6. The average molecular weight is 244 g/mol. The lowest BCUT2D eigenvalue weighted by Crippen LogP contribution is -1.91. The van der Waals surface area contributed by atoms with E-state index in [9.17, 15) is 4.79 Å². The molecule has 4 nitrogen and oxygen atoms in total. The maximum absolute atomic E-state index is 10.5. The third kappa shape index (κ3) is 4.72. The first-order valence-electron chi connectivity index (χ1n) is 5.31. The van der Waals surface area contributed by atoms with E-state index in [1.807, 2.05) is 0 Å². The molecule has 0 aliphatic heterocycles. The molecular formula is C11H16O4S. The van der Waals surface area contributed by atoms with Gasteiger partial charge in [0.05, 0.1) is 0 Å². The smallest absolute Gasteiger partial charge is 0.371 e. The van der Waals surface area contributed by atoms with Gasteiger partial charge in [-0.25, -0.2) is 4.79 Å². The van der Waals surface area contributed by atoms with Gasteiger partial charge in [-0.2, -0.15) is 0 Å². The molecule has 0 amide bonds. The fourth-order valence-electron chi connectivity index (χ4n) is 1.25. The number of aliphatic hydroxyl groups is 1. The number of carboxylic acid groups (broad SMARTS) is 1.